The number of rotatable bonds is 3. The summed E-state index contributed by atoms with van der Waals surface area (Å²) in [7, 11) is 0. The van der Waals surface area contributed by atoms with Gasteiger partial charge in [0.2, 0.25) is 5.89 Å². The molecule has 1 aliphatic rings. The van der Waals surface area contributed by atoms with E-state index in [0.717, 1.165) is 19.4 Å². The lowest BCUT2D eigenvalue weighted by Gasteiger charge is -2.28. The van der Waals surface area contributed by atoms with Crippen molar-refractivity contribution in [2.45, 2.75) is 25.4 Å². The summed E-state index contributed by atoms with van der Waals surface area (Å²) in [5, 5.41) is 17.3. The van der Waals surface area contributed by atoms with E-state index >= 15 is 0 Å². The molecule has 15 heavy (non-hydrogen) atoms. The fourth-order valence-electron chi connectivity index (χ4n) is 1.73. The molecule has 2 heterocycles. The highest BCUT2D eigenvalue weighted by Crippen LogP contribution is 2.18. The van der Waals surface area contributed by atoms with E-state index in [1.165, 1.54) is 0 Å². The molecule has 0 aromatic carbocycles. The Labute approximate surface area is 88.1 Å². The highest BCUT2D eigenvalue weighted by atomic mass is 16.4. The van der Waals surface area contributed by atoms with Crippen LogP contribution in [0.1, 0.15) is 18.7 Å². The molecule has 1 saturated heterocycles. The number of piperidine rings is 1. The SMILES string of the molecule is NCCc1nnc(N2CCCC(O)C2)o1. The van der Waals surface area contributed by atoms with Gasteiger partial charge in [-0.25, -0.2) is 0 Å². The first-order valence-electron chi connectivity index (χ1n) is 5.25. The molecule has 0 spiro atoms. The van der Waals surface area contributed by atoms with Crippen LogP contribution in [0.3, 0.4) is 0 Å². The molecular weight excluding hydrogens is 196 g/mol. The maximum absolute atomic E-state index is 9.50. The first kappa shape index (κ1) is 10.4. The van der Waals surface area contributed by atoms with Gasteiger partial charge in [-0.15, -0.1) is 5.10 Å². The molecule has 0 amide bonds. The van der Waals surface area contributed by atoms with E-state index in [4.69, 9.17) is 10.2 Å². The lowest BCUT2D eigenvalue weighted by Crippen LogP contribution is -2.38. The maximum Gasteiger partial charge on any atom is 0.318 e. The van der Waals surface area contributed by atoms with Crippen LogP contribution >= 0.6 is 0 Å². The summed E-state index contributed by atoms with van der Waals surface area (Å²) in [6, 6.07) is 0.497. The van der Waals surface area contributed by atoms with E-state index in [9.17, 15) is 5.11 Å². The van der Waals surface area contributed by atoms with Crippen LogP contribution < -0.4 is 10.6 Å². The summed E-state index contributed by atoms with van der Waals surface area (Å²) in [4.78, 5) is 1.92. The van der Waals surface area contributed by atoms with E-state index in [1.807, 2.05) is 4.90 Å². The third kappa shape index (κ3) is 2.45. The molecule has 1 aromatic rings. The van der Waals surface area contributed by atoms with Crippen molar-refractivity contribution in [3.8, 4) is 0 Å². The third-order valence-electron chi connectivity index (χ3n) is 2.48. The van der Waals surface area contributed by atoms with E-state index in [2.05, 4.69) is 10.2 Å². The molecule has 0 saturated carbocycles. The van der Waals surface area contributed by atoms with Crippen LogP contribution in [-0.2, 0) is 6.42 Å². The van der Waals surface area contributed by atoms with Crippen LogP contribution in [0.25, 0.3) is 0 Å². The van der Waals surface area contributed by atoms with Crippen molar-refractivity contribution >= 4 is 6.01 Å². The number of anilines is 1. The van der Waals surface area contributed by atoms with Crippen molar-refractivity contribution in [1.29, 1.82) is 0 Å². The summed E-state index contributed by atoms with van der Waals surface area (Å²) in [5.41, 5.74) is 5.39. The highest BCUT2D eigenvalue weighted by Gasteiger charge is 2.21. The predicted octanol–water partition coefficient (Wildman–Crippen LogP) is -0.468. The predicted molar refractivity (Wildman–Crippen MR) is 54.5 cm³/mol. The summed E-state index contributed by atoms with van der Waals surface area (Å²) in [5.74, 6) is 0.563. The number of hydrogen-bond donors (Lipinski definition) is 2. The van der Waals surface area contributed by atoms with Gasteiger partial charge in [0.05, 0.1) is 6.10 Å². The minimum Gasteiger partial charge on any atom is -0.408 e. The second-order valence-corrected chi connectivity index (χ2v) is 3.76. The summed E-state index contributed by atoms with van der Waals surface area (Å²) in [6.45, 7) is 1.94. The quantitative estimate of drug-likeness (QED) is 0.704. The van der Waals surface area contributed by atoms with Gasteiger partial charge >= 0.3 is 6.01 Å². The van der Waals surface area contributed by atoms with Crippen LogP contribution in [-0.4, -0.2) is 41.0 Å². The lowest BCUT2D eigenvalue weighted by molar-refractivity contribution is 0.151. The largest absolute Gasteiger partial charge is 0.408 e. The van der Waals surface area contributed by atoms with Crippen LogP contribution in [0.2, 0.25) is 0 Å². The molecular formula is C9H16N4O2. The molecule has 0 radical (unpaired) electrons. The zero-order chi connectivity index (χ0) is 10.7. The van der Waals surface area contributed by atoms with E-state index in [0.29, 0.717) is 31.4 Å². The summed E-state index contributed by atoms with van der Waals surface area (Å²) in [6.07, 6.45) is 2.11. The minimum atomic E-state index is -0.288. The Morgan fingerprint density at radius 2 is 2.40 bits per heavy atom. The summed E-state index contributed by atoms with van der Waals surface area (Å²) >= 11 is 0. The third-order valence-corrected chi connectivity index (χ3v) is 2.48. The Morgan fingerprint density at radius 3 is 3.13 bits per heavy atom. The first-order valence-corrected chi connectivity index (χ1v) is 5.25. The topological polar surface area (TPSA) is 88.4 Å². The van der Waals surface area contributed by atoms with Crippen molar-refractivity contribution in [3.05, 3.63) is 5.89 Å². The van der Waals surface area contributed by atoms with Crippen molar-refractivity contribution in [2.24, 2.45) is 5.73 Å². The molecule has 0 aliphatic carbocycles. The Bertz CT molecular complexity index is 315. The van der Waals surface area contributed by atoms with Crippen LogP contribution in [0.15, 0.2) is 4.42 Å². The van der Waals surface area contributed by atoms with Gasteiger partial charge in [0.25, 0.3) is 0 Å². The number of hydrogen-bond acceptors (Lipinski definition) is 6. The molecule has 1 atom stereocenters. The zero-order valence-electron chi connectivity index (χ0n) is 8.59. The normalized spacial score (nSPS) is 22.0. The van der Waals surface area contributed by atoms with Gasteiger partial charge in [-0.1, -0.05) is 5.10 Å². The number of nitrogens with two attached hydrogens (primary N) is 1. The number of aromatic nitrogens is 2. The fourth-order valence-corrected chi connectivity index (χ4v) is 1.73. The zero-order valence-corrected chi connectivity index (χ0v) is 8.59. The second kappa shape index (κ2) is 4.59. The second-order valence-electron chi connectivity index (χ2n) is 3.76. The van der Waals surface area contributed by atoms with Gasteiger partial charge in [0, 0.05) is 26.1 Å². The molecule has 1 aliphatic heterocycles. The van der Waals surface area contributed by atoms with Crippen molar-refractivity contribution in [1.82, 2.24) is 10.2 Å². The van der Waals surface area contributed by atoms with Crippen molar-refractivity contribution in [2.75, 3.05) is 24.5 Å². The molecule has 3 N–H and O–H groups in total. The summed E-state index contributed by atoms with van der Waals surface area (Å²) < 4.78 is 5.42. The van der Waals surface area contributed by atoms with Gasteiger partial charge in [-0.3, -0.25) is 0 Å². The minimum absolute atomic E-state index is 0.288. The number of nitrogens with zero attached hydrogens (tertiary/aromatic N) is 3. The molecule has 1 unspecified atom stereocenters. The van der Waals surface area contributed by atoms with Crippen LogP contribution in [0, 0.1) is 0 Å². The Balaban J connectivity index is 2.01. The number of aliphatic hydroxyl groups is 1. The van der Waals surface area contributed by atoms with Crippen molar-refractivity contribution in [3.63, 3.8) is 0 Å². The molecule has 1 aromatic heterocycles. The standard InChI is InChI=1S/C9H16N4O2/c10-4-3-8-11-12-9(15-8)13-5-1-2-7(14)6-13/h7,14H,1-6,10H2. The van der Waals surface area contributed by atoms with Gasteiger partial charge in [-0.2, -0.15) is 0 Å². The average molecular weight is 212 g/mol. The molecule has 6 heteroatoms. The molecule has 0 bridgehead atoms. The van der Waals surface area contributed by atoms with Gasteiger partial charge in [0.15, 0.2) is 0 Å². The fraction of sp³-hybridized carbons (Fsp3) is 0.778. The molecule has 2 rings (SSSR count). The van der Waals surface area contributed by atoms with E-state index in [1.54, 1.807) is 0 Å². The lowest BCUT2D eigenvalue weighted by atomic mass is 10.1. The number of β-amino-alcohol motifs (C(OH)–C–C–N with tert-alkyl or cyclic N) is 1. The average Bonchev–Trinajstić information content (AvgIpc) is 2.67. The maximum atomic E-state index is 9.50. The number of aliphatic hydroxyl groups excluding tert-OH is 1. The van der Waals surface area contributed by atoms with Crippen LogP contribution in [0.5, 0.6) is 0 Å². The monoisotopic (exact) mass is 212 g/mol. The Morgan fingerprint density at radius 1 is 1.53 bits per heavy atom. The molecule has 84 valence electrons. The van der Waals surface area contributed by atoms with Crippen LogP contribution in [0.4, 0.5) is 6.01 Å². The highest BCUT2D eigenvalue weighted by molar-refractivity contribution is 5.25. The smallest absolute Gasteiger partial charge is 0.318 e. The van der Waals surface area contributed by atoms with Crippen molar-refractivity contribution < 1.29 is 9.52 Å². The first-order chi connectivity index (χ1) is 7.29. The molecule has 6 nitrogen and oxygen atoms in total. The van der Waals surface area contributed by atoms with E-state index < -0.39 is 0 Å². The van der Waals surface area contributed by atoms with Gasteiger partial charge in [0.1, 0.15) is 0 Å². The Kier molecular flexibility index (Phi) is 3.17. The molecule has 1 fully saturated rings. The van der Waals surface area contributed by atoms with E-state index in [-0.39, 0.29) is 6.10 Å². The Hall–Kier alpha value is -1.14. The van der Waals surface area contributed by atoms with Gasteiger partial charge < -0.3 is 20.2 Å². The van der Waals surface area contributed by atoms with Gasteiger partial charge in [-0.05, 0) is 12.8 Å².